The Hall–Kier alpha value is -0.860. The van der Waals surface area contributed by atoms with Crippen LogP contribution in [0.2, 0.25) is 0 Å². The predicted molar refractivity (Wildman–Crippen MR) is 137 cm³/mol. The second kappa shape index (κ2) is 13.5. The van der Waals surface area contributed by atoms with Gasteiger partial charge in [-0.3, -0.25) is 4.99 Å². The van der Waals surface area contributed by atoms with E-state index in [2.05, 4.69) is 58.6 Å². The molecular weight excluding hydrogens is 487 g/mol. The zero-order valence-electron chi connectivity index (χ0n) is 19.0. The molecule has 0 saturated carbocycles. The SMILES string of the molecule is CN=C(NCCCN1CCC(C)CC1)NCC1CCCOC1c1ccc(C)cc1.I. The molecule has 5 nitrogen and oxygen atoms in total. The van der Waals surface area contributed by atoms with E-state index in [0.717, 1.165) is 44.4 Å². The van der Waals surface area contributed by atoms with Gasteiger partial charge >= 0.3 is 0 Å². The molecule has 0 spiro atoms. The molecule has 2 fully saturated rings. The molecule has 1 aromatic rings. The molecule has 2 saturated heterocycles. The number of piperidine rings is 1. The zero-order valence-corrected chi connectivity index (χ0v) is 21.4. The molecule has 2 heterocycles. The molecule has 6 heteroatoms. The van der Waals surface area contributed by atoms with Gasteiger partial charge in [0.05, 0.1) is 6.10 Å². The average molecular weight is 529 g/mol. The number of nitrogens with one attached hydrogen (secondary N) is 2. The van der Waals surface area contributed by atoms with Gasteiger partial charge in [0.15, 0.2) is 5.96 Å². The van der Waals surface area contributed by atoms with E-state index in [1.54, 1.807) is 0 Å². The third kappa shape index (κ3) is 8.00. The fourth-order valence-corrected chi connectivity index (χ4v) is 4.42. The standard InChI is InChI=1S/C24H40N4O.HI/c1-19-7-9-21(10-8-19)23-22(6-4-17-29-23)18-27-24(25-3)26-13-5-14-28-15-11-20(2)12-16-28;/h7-10,20,22-23H,4-6,11-18H2,1-3H3,(H2,25,26,27);1H. The lowest BCUT2D eigenvalue weighted by Gasteiger charge is -2.33. The highest BCUT2D eigenvalue weighted by atomic mass is 127. The van der Waals surface area contributed by atoms with Crippen LogP contribution in [0.15, 0.2) is 29.3 Å². The summed E-state index contributed by atoms with van der Waals surface area (Å²) in [5.74, 6) is 2.28. The smallest absolute Gasteiger partial charge is 0.190 e. The molecule has 0 aromatic heterocycles. The van der Waals surface area contributed by atoms with Crippen molar-refractivity contribution in [3.8, 4) is 0 Å². The van der Waals surface area contributed by atoms with Crippen molar-refractivity contribution in [1.82, 2.24) is 15.5 Å². The first-order valence-electron chi connectivity index (χ1n) is 11.5. The van der Waals surface area contributed by atoms with Crippen LogP contribution >= 0.6 is 24.0 Å². The molecular formula is C24H41IN4O. The quantitative estimate of drug-likeness (QED) is 0.239. The van der Waals surface area contributed by atoms with Crippen molar-refractivity contribution in [3.05, 3.63) is 35.4 Å². The molecule has 2 atom stereocenters. The maximum absolute atomic E-state index is 6.15. The second-order valence-electron chi connectivity index (χ2n) is 8.86. The Balaban J connectivity index is 0.00000320. The summed E-state index contributed by atoms with van der Waals surface area (Å²) in [6, 6.07) is 8.79. The lowest BCUT2D eigenvalue weighted by atomic mass is 9.89. The Morgan fingerprint density at radius 3 is 2.57 bits per heavy atom. The molecule has 0 radical (unpaired) electrons. The summed E-state index contributed by atoms with van der Waals surface area (Å²) in [6.45, 7) is 10.9. The Labute approximate surface area is 200 Å². The number of ether oxygens (including phenoxy) is 1. The number of aryl methyl sites for hydroxylation is 1. The Bertz CT molecular complexity index is 629. The molecule has 3 rings (SSSR count). The minimum atomic E-state index is 0. The fourth-order valence-electron chi connectivity index (χ4n) is 4.42. The fraction of sp³-hybridized carbons (Fsp3) is 0.708. The molecule has 2 aliphatic rings. The highest BCUT2D eigenvalue weighted by Crippen LogP contribution is 2.33. The summed E-state index contributed by atoms with van der Waals surface area (Å²) < 4.78 is 6.15. The lowest BCUT2D eigenvalue weighted by molar-refractivity contribution is -0.0265. The molecule has 2 unspecified atom stereocenters. The summed E-state index contributed by atoms with van der Waals surface area (Å²) >= 11 is 0. The lowest BCUT2D eigenvalue weighted by Crippen LogP contribution is -2.43. The van der Waals surface area contributed by atoms with Crippen molar-refractivity contribution >= 4 is 29.9 Å². The summed E-state index contributed by atoms with van der Waals surface area (Å²) in [6.07, 6.45) is 6.36. The number of likely N-dealkylation sites (tertiary alicyclic amines) is 1. The number of halogens is 1. The van der Waals surface area contributed by atoms with Gasteiger partial charge in [0, 0.05) is 32.7 Å². The third-order valence-electron chi connectivity index (χ3n) is 6.43. The average Bonchev–Trinajstić information content (AvgIpc) is 2.75. The number of hydrogen-bond donors (Lipinski definition) is 2. The molecule has 170 valence electrons. The van der Waals surface area contributed by atoms with E-state index in [4.69, 9.17) is 4.74 Å². The topological polar surface area (TPSA) is 48.9 Å². The van der Waals surface area contributed by atoms with Crippen LogP contribution in [-0.4, -0.2) is 57.2 Å². The van der Waals surface area contributed by atoms with E-state index in [1.165, 1.54) is 50.0 Å². The first kappa shape index (κ1) is 25.4. The minimum Gasteiger partial charge on any atom is -0.373 e. The highest BCUT2D eigenvalue weighted by molar-refractivity contribution is 14.0. The summed E-state index contributed by atoms with van der Waals surface area (Å²) in [7, 11) is 1.86. The summed E-state index contributed by atoms with van der Waals surface area (Å²) in [5, 5.41) is 7.03. The van der Waals surface area contributed by atoms with Gasteiger partial charge in [-0.15, -0.1) is 24.0 Å². The first-order chi connectivity index (χ1) is 14.2. The van der Waals surface area contributed by atoms with E-state index >= 15 is 0 Å². The molecule has 30 heavy (non-hydrogen) atoms. The van der Waals surface area contributed by atoms with E-state index < -0.39 is 0 Å². The Morgan fingerprint density at radius 1 is 1.13 bits per heavy atom. The number of hydrogen-bond acceptors (Lipinski definition) is 3. The van der Waals surface area contributed by atoms with Crippen LogP contribution in [0.1, 0.15) is 56.3 Å². The van der Waals surface area contributed by atoms with E-state index in [9.17, 15) is 0 Å². The monoisotopic (exact) mass is 528 g/mol. The maximum Gasteiger partial charge on any atom is 0.190 e. The van der Waals surface area contributed by atoms with Crippen molar-refractivity contribution in [2.24, 2.45) is 16.8 Å². The first-order valence-corrected chi connectivity index (χ1v) is 11.5. The molecule has 2 aliphatic heterocycles. The minimum absolute atomic E-state index is 0. The highest BCUT2D eigenvalue weighted by Gasteiger charge is 2.27. The number of rotatable bonds is 7. The molecule has 0 amide bonds. The summed E-state index contributed by atoms with van der Waals surface area (Å²) in [4.78, 5) is 7.02. The van der Waals surface area contributed by atoms with Gasteiger partial charge in [0.25, 0.3) is 0 Å². The zero-order chi connectivity index (χ0) is 20.5. The molecule has 0 aliphatic carbocycles. The normalized spacial score (nSPS) is 23.6. The Morgan fingerprint density at radius 2 is 1.87 bits per heavy atom. The number of aliphatic imine (C=N–C) groups is 1. The van der Waals surface area contributed by atoms with Crippen molar-refractivity contribution in [2.75, 3.05) is 46.4 Å². The predicted octanol–water partition coefficient (Wildman–Crippen LogP) is 4.37. The van der Waals surface area contributed by atoms with E-state index in [0.29, 0.717) is 5.92 Å². The number of benzene rings is 1. The van der Waals surface area contributed by atoms with Crippen LogP contribution in [0.5, 0.6) is 0 Å². The van der Waals surface area contributed by atoms with Gasteiger partial charge in [-0.25, -0.2) is 0 Å². The molecule has 1 aromatic carbocycles. The van der Waals surface area contributed by atoms with Crippen molar-refractivity contribution in [3.63, 3.8) is 0 Å². The van der Waals surface area contributed by atoms with Crippen LogP contribution in [0, 0.1) is 18.8 Å². The van der Waals surface area contributed by atoms with E-state index in [1.807, 2.05) is 7.05 Å². The van der Waals surface area contributed by atoms with Gasteiger partial charge in [-0.2, -0.15) is 0 Å². The van der Waals surface area contributed by atoms with Gasteiger partial charge in [0.1, 0.15) is 0 Å². The van der Waals surface area contributed by atoms with Gasteiger partial charge in [-0.05, 0) is 70.1 Å². The van der Waals surface area contributed by atoms with Gasteiger partial charge < -0.3 is 20.3 Å². The van der Waals surface area contributed by atoms with Crippen molar-refractivity contribution in [2.45, 2.75) is 52.1 Å². The summed E-state index contributed by atoms with van der Waals surface area (Å²) in [5.41, 5.74) is 2.59. The molecule has 2 N–H and O–H groups in total. The van der Waals surface area contributed by atoms with E-state index in [-0.39, 0.29) is 30.1 Å². The third-order valence-corrected chi connectivity index (χ3v) is 6.43. The maximum atomic E-state index is 6.15. The number of guanidine groups is 1. The molecule has 0 bridgehead atoms. The van der Waals surface area contributed by atoms with Crippen LogP contribution in [0.4, 0.5) is 0 Å². The van der Waals surface area contributed by atoms with Crippen LogP contribution in [0.25, 0.3) is 0 Å². The van der Waals surface area contributed by atoms with Crippen molar-refractivity contribution in [1.29, 1.82) is 0 Å². The van der Waals surface area contributed by atoms with Gasteiger partial charge in [0.2, 0.25) is 0 Å². The van der Waals surface area contributed by atoms with Crippen LogP contribution < -0.4 is 10.6 Å². The second-order valence-corrected chi connectivity index (χ2v) is 8.86. The van der Waals surface area contributed by atoms with Crippen LogP contribution in [-0.2, 0) is 4.74 Å². The van der Waals surface area contributed by atoms with Crippen LogP contribution in [0.3, 0.4) is 0 Å². The Kier molecular flexibility index (Phi) is 11.5. The number of nitrogens with zero attached hydrogens (tertiary/aromatic N) is 2. The largest absolute Gasteiger partial charge is 0.373 e. The van der Waals surface area contributed by atoms with Gasteiger partial charge in [-0.1, -0.05) is 36.8 Å². The van der Waals surface area contributed by atoms with Crippen molar-refractivity contribution < 1.29 is 4.74 Å².